The second-order valence-electron chi connectivity index (χ2n) is 14.9. The summed E-state index contributed by atoms with van der Waals surface area (Å²) in [7, 11) is 0. The molecule has 0 saturated heterocycles. The first-order valence-corrected chi connectivity index (χ1v) is 20.4. The molecule has 0 unspecified atom stereocenters. The Morgan fingerprint density at radius 2 is 1.33 bits per heavy atom. The van der Waals surface area contributed by atoms with Gasteiger partial charge in [0.25, 0.3) is 0 Å². The van der Waals surface area contributed by atoms with Gasteiger partial charge in [0.2, 0.25) is 0 Å². The maximum absolute atomic E-state index is 6.65. The van der Waals surface area contributed by atoms with Gasteiger partial charge in [-0.2, -0.15) is 22.8 Å². The number of fused-ring (bicyclic) bond motifs is 4. The van der Waals surface area contributed by atoms with Gasteiger partial charge in [-0.15, -0.1) is 48.0 Å². The Bertz CT molecular complexity index is 2820. The van der Waals surface area contributed by atoms with Gasteiger partial charge < -0.3 is 14.5 Å². The van der Waals surface area contributed by atoms with Crippen molar-refractivity contribution in [2.24, 2.45) is 0 Å². The molecule has 3 aromatic heterocycles. The fourth-order valence-corrected chi connectivity index (χ4v) is 9.47. The first kappa shape index (κ1) is 37.1. The van der Waals surface area contributed by atoms with E-state index in [0.717, 1.165) is 66.3 Å². The number of aromatic nitrogens is 1. The molecule has 0 spiro atoms. The van der Waals surface area contributed by atoms with Crippen LogP contribution in [0.1, 0.15) is 26.3 Å². The van der Waals surface area contributed by atoms with E-state index in [9.17, 15) is 0 Å². The number of thiophene rings is 2. The van der Waals surface area contributed by atoms with Crippen molar-refractivity contribution in [1.29, 1.82) is 0 Å². The van der Waals surface area contributed by atoms with Crippen LogP contribution in [-0.4, -0.2) is 4.98 Å². The summed E-state index contributed by atoms with van der Waals surface area (Å²) >= 11 is 3.37. The van der Waals surface area contributed by atoms with Crippen molar-refractivity contribution in [3.05, 3.63) is 182 Å². The summed E-state index contributed by atoms with van der Waals surface area (Å²) in [5.41, 5.74) is 12.0. The van der Waals surface area contributed by atoms with Gasteiger partial charge in [-0.25, -0.2) is 0 Å². The zero-order valence-corrected chi connectivity index (χ0v) is 35.4. The number of anilines is 4. The van der Waals surface area contributed by atoms with Gasteiger partial charge in [-0.1, -0.05) is 134 Å². The average Bonchev–Trinajstić information content (AvgIpc) is 3.98. The van der Waals surface area contributed by atoms with Crippen LogP contribution in [0.4, 0.5) is 22.7 Å². The molecular formula is C50H36N3OPtS2-3. The normalized spacial score (nSPS) is 12.5. The van der Waals surface area contributed by atoms with E-state index in [0.29, 0.717) is 10.8 Å². The predicted molar refractivity (Wildman–Crippen MR) is 236 cm³/mol. The third kappa shape index (κ3) is 6.86. The minimum absolute atomic E-state index is 0. The van der Waals surface area contributed by atoms with Crippen LogP contribution in [0.5, 0.6) is 10.8 Å². The Morgan fingerprint density at radius 1 is 0.667 bits per heavy atom. The van der Waals surface area contributed by atoms with Gasteiger partial charge in [0.05, 0.1) is 0 Å². The quantitative estimate of drug-likeness (QED) is 0.149. The Morgan fingerprint density at radius 3 is 2.04 bits per heavy atom. The molecule has 0 amide bonds. The van der Waals surface area contributed by atoms with E-state index in [1.165, 1.54) is 15.6 Å². The second-order valence-corrected chi connectivity index (χ2v) is 16.9. The molecule has 7 heteroatoms. The summed E-state index contributed by atoms with van der Waals surface area (Å²) in [5, 5.41) is 5.08. The monoisotopic (exact) mass is 953 g/mol. The van der Waals surface area contributed by atoms with Crippen molar-refractivity contribution in [3.8, 4) is 44.3 Å². The van der Waals surface area contributed by atoms with E-state index in [-0.39, 0.29) is 26.5 Å². The third-order valence-electron chi connectivity index (χ3n) is 10.3. The first-order chi connectivity index (χ1) is 27.4. The van der Waals surface area contributed by atoms with E-state index in [2.05, 4.69) is 188 Å². The number of para-hydroxylation sites is 3. The third-order valence-corrected chi connectivity index (χ3v) is 12.2. The van der Waals surface area contributed by atoms with E-state index in [4.69, 9.17) is 9.72 Å². The molecule has 0 aliphatic carbocycles. The zero-order chi connectivity index (χ0) is 37.8. The largest absolute Gasteiger partial charge is 0.493 e. The van der Waals surface area contributed by atoms with Crippen LogP contribution in [0.15, 0.2) is 157 Å². The van der Waals surface area contributed by atoms with Gasteiger partial charge in [-0.05, 0) is 57.1 Å². The number of hydrogen-bond acceptors (Lipinski definition) is 6. The average molecular weight is 954 g/mol. The van der Waals surface area contributed by atoms with Crippen molar-refractivity contribution >= 4 is 65.6 Å². The van der Waals surface area contributed by atoms with Crippen molar-refractivity contribution in [2.75, 3.05) is 9.80 Å². The first-order valence-electron chi connectivity index (χ1n) is 18.7. The molecule has 0 N–H and O–H groups in total. The minimum Gasteiger partial charge on any atom is -0.493 e. The Labute approximate surface area is 355 Å². The van der Waals surface area contributed by atoms with Crippen LogP contribution < -0.4 is 14.5 Å². The van der Waals surface area contributed by atoms with E-state index in [1.807, 2.05) is 18.3 Å². The summed E-state index contributed by atoms with van der Waals surface area (Å²) in [4.78, 5) is 9.35. The van der Waals surface area contributed by atoms with Gasteiger partial charge in [0.15, 0.2) is 0 Å². The fourth-order valence-electron chi connectivity index (χ4n) is 7.55. The molecule has 4 heterocycles. The molecule has 0 fully saturated rings. The Kier molecular flexibility index (Phi) is 9.82. The van der Waals surface area contributed by atoms with Gasteiger partial charge in [-0.3, -0.25) is 4.98 Å². The molecule has 9 aromatic rings. The molecule has 4 nitrogen and oxygen atoms in total. The standard InChI is InChI=1S/C50H36N3OS2.Pt/c1-50(2,3)35-24-26-51-43(28-35)41-30-46-40(25-27-55-46)49-42(41)31-47(56-49)54-37-19-12-18-36(29-37)52-32-53(45-23-11-10-22-44(45)52)48-38(33-14-6-4-7-15-33)20-13-21-39(48)34-16-8-5-9-17-34;/h4-28,30,32H,1-3H3;/q-3;. The molecule has 0 saturated carbocycles. The maximum atomic E-state index is 6.65. The Hall–Kier alpha value is -5.52. The number of nitrogens with zero attached hydrogens (tertiary/aromatic N) is 3. The smallest absolute Gasteiger partial charge is 0.107 e. The van der Waals surface area contributed by atoms with Crippen molar-refractivity contribution in [1.82, 2.24) is 4.98 Å². The Balaban J connectivity index is 0.00000422. The molecule has 57 heavy (non-hydrogen) atoms. The number of rotatable bonds is 7. The summed E-state index contributed by atoms with van der Waals surface area (Å²) in [6, 6.07) is 58.5. The van der Waals surface area contributed by atoms with Gasteiger partial charge in [0, 0.05) is 71.6 Å². The molecular weight excluding hydrogens is 918 g/mol. The number of ether oxygens (including phenoxy) is 1. The van der Waals surface area contributed by atoms with Crippen LogP contribution in [0.25, 0.3) is 53.7 Å². The topological polar surface area (TPSA) is 28.6 Å². The zero-order valence-electron chi connectivity index (χ0n) is 31.5. The molecule has 10 rings (SSSR count). The summed E-state index contributed by atoms with van der Waals surface area (Å²) < 4.78 is 9.02. The summed E-state index contributed by atoms with van der Waals surface area (Å²) in [6.07, 6.45) is 1.92. The predicted octanol–water partition coefficient (Wildman–Crippen LogP) is 14.6. The molecule has 6 aromatic carbocycles. The maximum Gasteiger partial charge on any atom is 0.107 e. The van der Waals surface area contributed by atoms with Crippen LogP contribution in [0.3, 0.4) is 0 Å². The van der Waals surface area contributed by atoms with E-state index in [1.54, 1.807) is 22.7 Å². The number of pyridine rings is 1. The second kappa shape index (κ2) is 15.1. The minimum atomic E-state index is 0. The molecule has 0 atom stereocenters. The van der Waals surface area contributed by atoms with Gasteiger partial charge >= 0.3 is 0 Å². The molecule has 0 bridgehead atoms. The van der Waals surface area contributed by atoms with E-state index < -0.39 is 0 Å². The van der Waals surface area contributed by atoms with Crippen LogP contribution >= 0.6 is 22.7 Å². The van der Waals surface area contributed by atoms with Crippen molar-refractivity contribution in [3.63, 3.8) is 0 Å². The van der Waals surface area contributed by atoms with Crippen molar-refractivity contribution in [2.45, 2.75) is 26.2 Å². The fraction of sp³-hybridized carbons (Fsp3) is 0.0800. The molecule has 0 radical (unpaired) electrons. The van der Waals surface area contributed by atoms with E-state index >= 15 is 0 Å². The molecule has 282 valence electrons. The van der Waals surface area contributed by atoms with Crippen LogP contribution in [0, 0.1) is 18.8 Å². The number of hydrogen-bond donors (Lipinski definition) is 0. The SMILES string of the molecule is CC(C)(C)c1ccnc(-c2cc3sccc3c3sc(Oc4[c-]c(N5[CH-]N(c6c(-c7ccccc7)cccc6-c6ccccc6)c6ccccc65)ccc4)[c-]c23)c1.[Pt]. The molecule has 1 aliphatic rings. The molecule has 1 aliphatic heterocycles. The summed E-state index contributed by atoms with van der Waals surface area (Å²) in [5.74, 6) is 0.625. The number of benzene rings is 6. The van der Waals surface area contributed by atoms with Crippen molar-refractivity contribution < 1.29 is 25.8 Å². The van der Waals surface area contributed by atoms with Gasteiger partial charge in [0.1, 0.15) is 5.06 Å². The van der Waals surface area contributed by atoms with Crippen LogP contribution in [0.2, 0.25) is 0 Å². The summed E-state index contributed by atoms with van der Waals surface area (Å²) in [6.45, 7) is 8.88. The van der Waals surface area contributed by atoms with Crippen LogP contribution in [-0.2, 0) is 26.5 Å².